The van der Waals surface area contributed by atoms with Gasteiger partial charge in [0.25, 0.3) is 5.91 Å². The minimum absolute atomic E-state index is 0.0308. The van der Waals surface area contributed by atoms with Crippen molar-refractivity contribution in [2.24, 2.45) is 0 Å². The Labute approximate surface area is 135 Å². The van der Waals surface area contributed by atoms with Crippen LogP contribution in [0.5, 0.6) is 0 Å². The number of anilines is 2. The maximum atomic E-state index is 12.7. The second-order valence-electron chi connectivity index (χ2n) is 5.84. The molecule has 1 N–H and O–H groups in total. The third-order valence-corrected chi connectivity index (χ3v) is 3.83. The molecule has 0 aliphatic carbocycles. The van der Waals surface area contributed by atoms with E-state index in [1.54, 1.807) is 19.1 Å². The van der Waals surface area contributed by atoms with Crippen LogP contribution in [0.3, 0.4) is 0 Å². The first-order valence-corrected chi connectivity index (χ1v) is 7.97. The van der Waals surface area contributed by atoms with Gasteiger partial charge in [-0.15, -0.1) is 0 Å². The van der Waals surface area contributed by atoms with E-state index in [0.717, 1.165) is 25.9 Å². The van der Waals surface area contributed by atoms with Crippen LogP contribution < -0.4 is 5.32 Å². The number of likely N-dealkylation sites (tertiary alicyclic amines) is 1. The first-order valence-electron chi connectivity index (χ1n) is 7.97. The highest BCUT2D eigenvalue weighted by Gasteiger charge is 2.19. The van der Waals surface area contributed by atoms with Gasteiger partial charge in [0.2, 0.25) is 0 Å². The molecule has 2 aromatic rings. The maximum absolute atomic E-state index is 12.7. The smallest absolute Gasteiger partial charge is 0.272 e. The van der Waals surface area contributed by atoms with Crippen LogP contribution in [0.4, 0.5) is 11.6 Å². The van der Waals surface area contributed by atoms with E-state index >= 15 is 0 Å². The normalized spacial score (nSPS) is 15.3. The zero-order valence-electron chi connectivity index (χ0n) is 13.5. The first kappa shape index (κ1) is 15.5. The van der Waals surface area contributed by atoms with Gasteiger partial charge in [-0.25, -0.2) is 9.97 Å². The first-order chi connectivity index (χ1) is 11.1. The van der Waals surface area contributed by atoms with Gasteiger partial charge in [-0.05, 0) is 26.7 Å². The van der Waals surface area contributed by atoms with Crippen LogP contribution in [0.25, 0.3) is 0 Å². The number of rotatable bonds is 3. The third kappa shape index (κ3) is 3.85. The van der Waals surface area contributed by atoms with E-state index in [1.807, 2.05) is 11.8 Å². The van der Waals surface area contributed by atoms with Crippen LogP contribution in [-0.2, 0) is 0 Å². The van der Waals surface area contributed by atoms with Crippen LogP contribution >= 0.6 is 0 Å². The molecule has 1 aliphatic rings. The van der Waals surface area contributed by atoms with E-state index in [9.17, 15) is 4.79 Å². The number of aryl methyl sites for hydroxylation is 2. The lowest BCUT2D eigenvalue weighted by Gasteiger charge is -2.20. The zero-order chi connectivity index (χ0) is 16.2. The molecule has 1 fully saturated rings. The molecule has 7 nitrogen and oxygen atoms in total. The Hall–Kier alpha value is -2.44. The molecule has 0 saturated carbocycles. The number of nitrogens with zero attached hydrogens (tertiary/aromatic N) is 4. The topological polar surface area (TPSA) is 84.2 Å². The van der Waals surface area contributed by atoms with Gasteiger partial charge in [0.15, 0.2) is 5.82 Å². The summed E-state index contributed by atoms with van der Waals surface area (Å²) in [6, 6.07) is 3.44. The summed E-state index contributed by atoms with van der Waals surface area (Å²) in [4.78, 5) is 23.2. The number of amides is 1. The molecule has 1 amide bonds. The van der Waals surface area contributed by atoms with Crippen LogP contribution in [0, 0.1) is 13.8 Å². The fourth-order valence-electron chi connectivity index (χ4n) is 2.73. The van der Waals surface area contributed by atoms with Crippen LogP contribution in [0.1, 0.15) is 47.8 Å². The average Bonchev–Trinajstić information content (AvgIpc) is 2.77. The monoisotopic (exact) mass is 315 g/mol. The SMILES string of the molecule is Cc1nc(Nc2cc(C)on2)cc(C(=O)N2CCCCCC2)n1. The lowest BCUT2D eigenvalue weighted by molar-refractivity contribution is 0.0755. The summed E-state index contributed by atoms with van der Waals surface area (Å²) in [5.41, 5.74) is 0.419. The van der Waals surface area contributed by atoms with Gasteiger partial charge in [0, 0.05) is 25.2 Å². The Bertz CT molecular complexity index is 690. The maximum Gasteiger partial charge on any atom is 0.272 e. The number of nitrogens with one attached hydrogen (secondary N) is 1. The fourth-order valence-corrected chi connectivity index (χ4v) is 2.73. The van der Waals surface area contributed by atoms with Crippen molar-refractivity contribution in [3.63, 3.8) is 0 Å². The molecule has 23 heavy (non-hydrogen) atoms. The molecular weight excluding hydrogens is 294 g/mol. The molecular formula is C16H21N5O2. The van der Waals surface area contributed by atoms with Crippen molar-refractivity contribution >= 4 is 17.5 Å². The summed E-state index contributed by atoms with van der Waals surface area (Å²) in [5.74, 6) is 2.34. The van der Waals surface area contributed by atoms with Crippen molar-refractivity contribution < 1.29 is 9.32 Å². The lowest BCUT2D eigenvalue weighted by Crippen LogP contribution is -2.32. The van der Waals surface area contributed by atoms with Gasteiger partial charge in [-0.1, -0.05) is 18.0 Å². The quantitative estimate of drug-likeness (QED) is 0.937. The van der Waals surface area contributed by atoms with Gasteiger partial charge in [0.1, 0.15) is 23.1 Å². The van der Waals surface area contributed by atoms with Gasteiger partial charge in [-0.2, -0.15) is 0 Å². The molecule has 2 aromatic heterocycles. The van der Waals surface area contributed by atoms with Crippen LogP contribution in [0.15, 0.2) is 16.7 Å². The Morgan fingerprint density at radius 2 is 1.83 bits per heavy atom. The minimum Gasteiger partial charge on any atom is -0.360 e. The van der Waals surface area contributed by atoms with Gasteiger partial charge in [-0.3, -0.25) is 4.79 Å². The molecule has 7 heteroatoms. The highest BCUT2D eigenvalue weighted by molar-refractivity contribution is 5.93. The van der Waals surface area contributed by atoms with E-state index < -0.39 is 0 Å². The summed E-state index contributed by atoms with van der Waals surface area (Å²) >= 11 is 0. The van der Waals surface area contributed by atoms with Crippen molar-refractivity contribution in [1.29, 1.82) is 0 Å². The van der Waals surface area contributed by atoms with Crippen molar-refractivity contribution in [1.82, 2.24) is 20.0 Å². The molecule has 3 rings (SSSR count). The standard InChI is InChI=1S/C16H21N5O2/c1-11-9-15(20-23-11)19-14-10-13(17-12(2)18-14)16(22)21-7-5-3-4-6-8-21/h9-10H,3-8H2,1-2H3,(H,17,18,19,20). The number of carbonyl (C=O) groups excluding carboxylic acids is 1. The molecule has 3 heterocycles. The second kappa shape index (κ2) is 6.76. The fraction of sp³-hybridized carbons (Fsp3) is 0.500. The second-order valence-corrected chi connectivity index (χ2v) is 5.84. The molecule has 0 unspecified atom stereocenters. The highest BCUT2D eigenvalue weighted by atomic mass is 16.5. The number of hydrogen-bond acceptors (Lipinski definition) is 6. The lowest BCUT2D eigenvalue weighted by atomic mass is 10.2. The average molecular weight is 315 g/mol. The molecule has 0 atom stereocenters. The number of hydrogen-bond donors (Lipinski definition) is 1. The van der Waals surface area contributed by atoms with Crippen molar-refractivity contribution in [3.8, 4) is 0 Å². The van der Waals surface area contributed by atoms with Crippen molar-refractivity contribution in [3.05, 3.63) is 29.4 Å². The Kier molecular flexibility index (Phi) is 4.55. The molecule has 0 radical (unpaired) electrons. The summed E-state index contributed by atoms with van der Waals surface area (Å²) in [6.07, 6.45) is 4.48. The molecule has 0 bridgehead atoms. The van der Waals surface area contributed by atoms with Crippen LogP contribution in [-0.4, -0.2) is 39.0 Å². The van der Waals surface area contributed by atoms with E-state index in [0.29, 0.717) is 28.9 Å². The van der Waals surface area contributed by atoms with E-state index in [-0.39, 0.29) is 5.91 Å². The van der Waals surface area contributed by atoms with E-state index in [4.69, 9.17) is 4.52 Å². The Balaban J connectivity index is 1.80. The highest BCUT2D eigenvalue weighted by Crippen LogP contribution is 2.17. The summed E-state index contributed by atoms with van der Waals surface area (Å²) in [6.45, 7) is 5.19. The number of carbonyl (C=O) groups is 1. The summed E-state index contributed by atoms with van der Waals surface area (Å²) in [7, 11) is 0. The molecule has 1 saturated heterocycles. The minimum atomic E-state index is -0.0308. The summed E-state index contributed by atoms with van der Waals surface area (Å²) < 4.78 is 5.02. The molecule has 122 valence electrons. The van der Waals surface area contributed by atoms with Gasteiger partial charge >= 0.3 is 0 Å². The van der Waals surface area contributed by atoms with Crippen molar-refractivity contribution in [2.45, 2.75) is 39.5 Å². The largest absolute Gasteiger partial charge is 0.360 e. The predicted molar refractivity (Wildman–Crippen MR) is 85.7 cm³/mol. The van der Waals surface area contributed by atoms with E-state index in [2.05, 4.69) is 20.4 Å². The predicted octanol–water partition coefficient (Wildman–Crippen LogP) is 2.84. The molecule has 1 aliphatic heterocycles. The summed E-state index contributed by atoms with van der Waals surface area (Å²) in [5, 5.41) is 6.93. The number of aromatic nitrogens is 3. The Morgan fingerprint density at radius 3 is 2.48 bits per heavy atom. The molecule has 0 spiro atoms. The van der Waals surface area contributed by atoms with Crippen molar-refractivity contribution in [2.75, 3.05) is 18.4 Å². The van der Waals surface area contributed by atoms with Gasteiger partial charge in [0.05, 0.1) is 0 Å². The third-order valence-electron chi connectivity index (χ3n) is 3.83. The van der Waals surface area contributed by atoms with Crippen LogP contribution in [0.2, 0.25) is 0 Å². The van der Waals surface area contributed by atoms with E-state index in [1.165, 1.54) is 12.8 Å². The van der Waals surface area contributed by atoms with Gasteiger partial charge < -0.3 is 14.7 Å². The molecule has 0 aromatic carbocycles. The zero-order valence-corrected chi connectivity index (χ0v) is 13.5. The Morgan fingerprint density at radius 1 is 1.09 bits per heavy atom.